The fourth-order valence-corrected chi connectivity index (χ4v) is 11.1. The lowest BCUT2D eigenvalue weighted by Gasteiger charge is -2.21. The number of hydrogen-bond acceptors (Lipinski definition) is 14. The van der Waals surface area contributed by atoms with Gasteiger partial charge in [0.25, 0.3) is 0 Å². The number of carbonyl (C=O) groups is 3. The molecule has 18 heteroatoms. The summed E-state index contributed by atoms with van der Waals surface area (Å²) in [4.78, 5) is 58.3. The Balaban J connectivity index is 4.36. The van der Waals surface area contributed by atoms with Crippen molar-refractivity contribution in [1.29, 1.82) is 0 Å². The standard InChI is InChI=1S/C77H132O16P2/c1-4-7-10-13-16-19-22-25-26-27-28-29-30-31-32-33-34-35-36-37-38-39-40-41-42-43-44-47-49-51-54-57-60-63-75(80)87-66-72(78)67-89-94(83,84)90-68-73(79)69-91-95(85,86)92-71-74(93-77(82)65-62-59-56-53-50-46-24-21-18-15-12-9-6-3)70-88-76(81)64-61-58-55-52-48-45-23-20-17-14-11-8-5-2/h7,10-12,14-16,19-21,23-26,28-29,31-32,34-35,72-74,78-79H,4-6,8-9,13,17-18,22,27,30,33,36-71H2,1-3H3,(H,83,84)(H,85,86)/b10-7-,14-11-,15-12-,19-16-,23-20-,24-21-,26-25-,29-28-,32-31-,35-34-. The minimum absolute atomic E-state index is 0.0845. The van der Waals surface area contributed by atoms with E-state index in [9.17, 15) is 43.5 Å². The van der Waals surface area contributed by atoms with E-state index in [1.807, 2.05) is 0 Å². The van der Waals surface area contributed by atoms with Crippen LogP contribution in [0.25, 0.3) is 0 Å². The van der Waals surface area contributed by atoms with E-state index >= 15 is 0 Å². The average molecular weight is 1380 g/mol. The lowest BCUT2D eigenvalue weighted by molar-refractivity contribution is -0.161. The molecule has 0 saturated heterocycles. The molecule has 5 unspecified atom stereocenters. The van der Waals surface area contributed by atoms with Gasteiger partial charge in [-0.1, -0.05) is 271 Å². The summed E-state index contributed by atoms with van der Waals surface area (Å²) in [6.07, 6.45) is 81.4. The molecule has 16 nitrogen and oxygen atoms in total. The number of allylic oxidation sites excluding steroid dienone is 20. The Bertz CT molecular complexity index is 2210. The Labute approximate surface area is 576 Å². The second kappa shape index (κ2) is 69.8. The summed E-state index contributed by atoms with van der Waals surface area (Å²) in [6.45, 7) is 2.39. The van der Waals surface area contributed by atoms with Crippen LogP contribution in [0.2, 0.25) is 0 Å². The molecule has 0 heterocycles. The van der Waals surface area contributed by atoms with E-state index < -0.39 is 91.5 Å². The van der Waals surface area contributed by atoms with Crippen molar-refractivity contribution in [3.8, 4) is 0 Å². The van der Waals surface area contributed by atoms with Crippen molar-refractivity contribution < 1.29 is 75.8 Å². The smallest absolute Gasteiger partial charge is 0.463 e. The first-order valence-electron chi connectivity index (χ1n) is 36.8. The fraction of sp³-hybridized carbons (Fsp3) is 0.701. The van der Waals surface area contributed by atoms with Crippen LogP contribution in [0.4, 0.5) is 0 Å². The van der Waals surface area contributed by atoms with Crippen molar-refractivity contribution in [2.75, 3.05) is 39.6 Å². The van der Waals surface area contributed by atoms with E-state index in [2.05, 4.69) is 142 Å². The Morgan fingerprint density at radius 2 is 0.558 bits per heavy atom. The first kappa shape index (κ1) is 91.0. The second-order valence-corrected chi connectivity index (χ2v) is 27.3. The van der Waals surface area contributed by atoms with E-state index in [0.29, 0.717) is 19.3 Å². The third kappa shape index (κ3) is 71.1. The summed E-state index contributed by atoms with van der Waals surface area (Å²) >= 11 is 0. The van der Waals surface area contributed by atoms with Gasteiger partial charge >= 0.3 is 33.6 Å². The molecule has 0 bridgehead atoms. The van der Waals surface area contributed by atoms with E-state index in [1.54, 1.807) is 0 Å². The molecular formula is C77H132O16P2. The molecule has 0 rings (SSSR count). The van der Waals surface area contributed by atoms with Gasteiger partial charge in [-0.15, -0.1) is 0 Å². The van der Waals surface area contributed by atoms with Gasteiger partial charge in [-0.25, -0.2) is 9.13 Å². The molecule has 0 aliphatic rings. The summed E-state index contributed by atoms with van der Waals surface area (Å²) in [7, 11) is -9.78. The predicted octanol–water partition coefficient (Wildman–Crippen LogP) is 21.0. The molecular weight excluding hydrogens is 1240 g/mol. The molecule has 0 amide bonds. The number of phosphoric ester groups is 2. The van der Waals surface area contributed by atoms with Crippen molar-refractivity contribution in [2.24, 2.45) is 0 Å². The van der Waals surface area contributed by atoms with Crippen molar-refractivity contribution >= 4 is 33.6 Å². The predicted molar refractivity (Wildman–Crippen MR) is 390 cm³/mol. The number of hydrogen-bond donors (Lipinski definition) is 4. The van der Waals surface area contributed by atoms with Crippen LogP contribution in [0.5, 0.6) is 0 Å². The summed E-state index contributed by atoms with van der Waals surface area (Å²) in [5.41, 5.74) is 0. The number of carbonyl (C=O) groups excluding carboxylic acids is 3. The lowest BCUT2D eigenvalue weighted by Crippen LogP contribution is -2.30. The molecule has 4 N–H and O–H groups in total. The van der Waals surface area contributed by atoms with Gasteiger partial charge in [0.05, 0.1) is 26.4 Å². The highest BCUT2D eigenvalue weighted by molar-refractivity contribution is 7.47. The maximum Gasteiger partial charge on any atom is 0.472 e. The van der Waals surface area contributed by atoms with Crippen LogP contribution in [-0.2, 0) is 55.8 Å². The van der Waals surface area contributed by atoms with Crippen LogP contribution in [0.3, 0.4) is 0 Å². The quantitative estimate of drug-likeness (QED) is 0.0146. The fourth-order valence-electron chi connectivity index (χ4n) is 9.53. The molecule has 0 aliphatic carbocycles. The van der Waals surface area contributed by atoms with Crippen molar-refractivity contribution in [3.05, 3.63) is 122 Å². The van der Waals surface area contributed by atoms with Gasteiger partial charge < -0.3 is 34.2 Å². The number of aliphatic hydroxyl groups is 2. The van der Waals surface area contributed by atoms with Crippen LogP contribution in [0.15, 0.2) is 122 Å². The monoisotopic (exact) mass is 1370 g/mol. The largest absolute Gasteiger partial charge is 0.472 e. The Hall–Kier alpha value is -4.05. The molecule has 0 aromatic heterocycles. The number of phosphoric acid groups is 2. The zero-order chi connectivity index (χ0) is 69.5. The summed E-state index contributed by atoms with van der Waals surface area (Å²) in [5, 5.41) is 20.6. The summed E-state index contributed by atoms with van der Waals surface area (Å²) < 4.78 is 60.9. The van der Waals surface area contributed by atoms with Crippen LogP contribution < -0.4 is 0 Å². The summed E-state index contributed by atoms with van der Waals surface area (Å²) in [6, 6.07) is 0. The highest BCUT2D eigenvalue weighted by Crippen LogP contribution is 2.45. The molecule has 0 spiro atoms. The maximum atomic E-state index is 12.9. The molecule has 95 heavy (non-hydrogen) atoms. The first-order valence-corrected chi connectivity index (χ1v) is 39.8. The number of unbranched alkanes of at least 4 members (excludes halogenated alkanes) is 26. The van der Waals surface area contributed by atoms with Crippen LogP contribution >= 0.6 is 15.6 Å². The number of esters is 3. The normalized spacial score (nSPS) is 14.8. The molecule has 0 fully saturated rings. The molecule has 5 atom stereocenters. The van der Waals surface area contributed by atoms with E-state index in [0.717, 1.165) is 167 Å². The van der Waals surface area contributed by atoms with Crippen molar-refractivity contribution in [3.63, 3.8) is 0 Å². The highest BCUT2D eigenvalue weighted by Gasteiger charge is 2.29. The van der Waals surface area contributed by atoms with E-state index in [4.69, 9.17) is 32.3 Å². The SMILES string of the molecule is CC/C=C\C/C=C\C/C=C\C/C=C\C/C=C\C/C=C\CCCCCCCCCCCCCCCCC(=O)OCC(O)COP(=O)(O)OCC(O)COP(=O)(O)OCC(COC(=O)CCCCCCC/C=C\C/C=C\CCC)OC(=O)CCCCCCC/C=C\C/C=C\CCC. The minimum Gasteiger partial charge on any atom is -0.463 e. The molecule has 546 valence electrons. The van der Waals surface area contributed by atoms with Crippen LogP contribution in [0.1, 0.15) is 290 Å². The van der Waals surface area contributed by atoms with Crippen molar-refractivity contribution in [2.45, 2.75) is 309 Å². The molecule has 0 aromatic carbocycles. The maximum absolute atomic E-state index is 12.9. The minimum atomic E-state index is -4.93. The highest BCUT2D eigenvalue weighted by atomic mass is 31.2. The molecule has 0 aliphatic heterocycles. The number of aliphatic hydroxyl groups excluding tert-OH is 2. The Kier molecular flexibility index (Phi) is 66.9. The summed E-state index contributed by atoms with van der Waals surface area (Å²) in [5.74, 6) is -1.61. The molecule has 0 saturated carbocycles. The average Bonchev–Trinajstić information content (AvgIpc) is 2.18. The van der Waals surface area contributed by atoms with Gasteiger partial charge in [-0.05, 0) is 122 Å². The zero-order valence-corrected chi connectivity index (χ0v) is 61.1. The third-order valence-electron chi connectivity index (χ3n) is 15.1. The van der Waals surface area contributed by atoms with Gasteiger partial charge in [0, 0.05) is 19.3 Å². The molecule has 0 radical (unpaired) electrons. The van der Waals surface area contributed by atoms with E-state index in [1.165, 1.54) is 64.2 Å². The second-order valence-electron chi connectivity index (χ2n) is 24.4. The van der Waals surface area contributed by atoms with E-state index in [-0.39, 0.29) is 19.3 Å². The van der Waals surface area contributed by atoms with Crippen LogP contribution in [0, 0.1) is 0 Å². The third-order valence-corrected chi connectivity index (χ3v) is 17.0. The Morgan fingerprint density at radius 3 is 0.884 bits per heavy atom. The Morgan fingerprint density at radius 1 is 0.305 bits per heavy atom. The topological polar surface area (TPSA) is 231 Å². The zero-order valence-electron chi connectivity index (χ0n) is 59.3. The number of ether oxygens (including phenoxy) is 3. The van der Waals surface area contributed by atoms with Crippen LogP contribution in [-0.4, -0.2) is 95.9 Å². The van der Waals surface area contributed by atoms with Gasteiger partial charge in [0.1, 0.15) is 25.4 Å². The first-order chi connectivity index (χ1) is 46.2. The number of rotatable bonds is 69. The van der Waals surface area contributed by atoms with Gasteiger partial charge in [0.2, 0.25) is 0 Å². The lowest BCUT2D eigenvalue weighted by atomic mass is 10.0. The molecule has 0 aromatic rings. The van der Waals surface area contributed by atoms with Gasteiger partial charge in [0.15, 0.2) is 6.10 Å². The van der Waals surface area contributed by atoms with Gasteiger partial charge in [-0.3, -0.25) is 32.5 Å². The van der Waals surface area contributed by atoms with Gasteiger partial charge in [-0.2, -0.15) is 0 Å². The van der Waals surface area contributed by atoms with Crippen molar-refractivity contribution in [1.82, 2.24) is 0 Å².